The number of rotatable bonds is 7. The van der Waals surface area contributed by atoms with Gasteiger partial charge in [-0.25, -0.2) is 12.8 Å². The number of hydrogen-bond donors (Lipinski definition) is 2. The van der Waals surface area contributed by atoms with Crippen LogP contribution >= 0.6 is 0 Å². The van der Waals surface area contributed by atoms with Crippen molar-refractivity contribution in [2.45, 2.75) is 38.3 Å². The van der Waals surface area contributed by atoms with E-state index < -0.39 is 27.8 Å². The maximum absolute atomic E-state index is 13.2. The van der Waals surface area contributed by atoms with Crippen LogP contribution in [0.25, 0.3) is 0 Å². The molecule has 0 radical (unpaired) electrons. The summed E-state index contributed by atoms with van der Waals surface area (Å²) in [5, 5.41) is 2.64. The highest BCUT2D eigenvalue weighted by Gasteiger charge is 2.29. The molecule has 1 aromatic heterocycles. The van der Waals surface area contributed by atoms with Crippen molar-refractivity contribution in [3.05, 3.63) is 53.7 Å². The molecule has 2 N–H and O–H groups in total. The number of amides is 1. The van der Waals surface area contributed by atoms with E-state index in [0.29, 0.717) is 5.76 Å². The first-order valence-corrected chi connectivity index (χ1v) is 9.27. The lowest BCUT2D eigenvalue weighted by Crippen LogP contribution is -2.49. The van der Waals surface area contributed by atoms with Gasteiger partial charge < -0.3 is 9.73 Å². The van der Waals surface area contributed by atoms with Crippen LogP contribution in [0.2, 0.25) is 0 Å². The lowest BCUT2D eigenvalue weighted by Gasteiger charge is -2.22. The van der Waals surface area contributed by atoms with Crippen molar-refractivity contribution in [3.8, 4) is 0 Å². The second-order valence-electron chi connectivity index (χ2n) is 6.05. The average Bonchev–Trinajstić information content (AvgIpc) is 3.03. The zero-order valence-corrected chi connectivity index (χ0v) is 15.1. The van der Waals surface area contributed by atoms with Crippen LogP contribution in [0.5, 0.6) is 0 Å². The van der Waals surface area contributed by atoms with Crippen molar-refractivity contribution in [1.82, 2.24) is 10.0 Å². The Morgan fingerprint density at radius 1 is 1.28 bits per heavy atom. The van der Waals surface area contributed by atoms with Gasteiger partial charge in [0.15, 0.2) is 0 Å². The molecular weight excluding hydrogens is 347 g/mol. The van der Waals surface area contributed by atoms with Gasteiger partial charge in [-0.2, -0.15) is 4.72 Å². The first-order chi connectivity index (χ1) is 11.7. The summed E-state index contributed by atoms with van der Waals surface area (Å²) < 4.78 is 45.9. The zero-order valence-electron chi connectivity index (χ0n) is 14.2. The van der Waals surface area contributed by atoms with Gasteiger partial charge in [0.25, 0.3) is 0 Å². The Labute approximate surface area is 146 Å². The third-order valence-electron chi connectivity index (χ3n) is 3.67. The molecule has 2 rings (SSSR count). The molecule has 0 aliphatic carbocycles. The van der Waals surface area contributed by atoms with Gasteiger partial charge in [0.05, 0.1) is 17.7 Å². The number of furan rings is 1. The lowest BCUT2D eigenvalue weighted by atomic mass is 10.1. The van der Waals surface area contributed by atoms with Crippen LogP contribution in [-0.4, -0.2) is 20.4 Å². The summed E-state index contributed by atoms with van der Waals surface area (Å²) in [5.74, 6) is -0.706. The largest absolute Gasteiger partial charge is 0.467 e. The third-order valence-corrected chi connectivity index (χ3v) is 5.28. The smallest absolute Gasteiger partial charge is 0.241 e. The highest BCUT2D eigenvalue weighted by atomic mass is 32.2. The number of hydrogen-bond acceptors (Lipinski definition) is 4. The molecule has 0 saturated carbocycles. The minimum absolute atomic E-state index is 0.0571. The first kappa shape index (κ1) is 19.1. The molecule has 136 valence electrons. The summed E-state index contributed by atoms with van der Waals surface area (Å²) in [4.78, 5) is 12.3. The van der Waals surface area contributed by atoms with Crippen molar-refractivity contribution >= 4 is 15.9 Å². The van der Waals surface area contributed by atoms with Crippen molar-refractivity contribution in [1.29, 1.82) is 0 Å². The fraction of sp³-hybridized carbons (Fsp3) is 0.353. The molecule has 0 spiro atoms. The van der Waals surface area contributed by atoms with Crippen LogP contribution in [0.4, 0.5) is 4.39 Å². The summed E-state index contributed by atoms with van der Waals surface area (Å²) in [7, 11) is -3.97. The lowest BCUT2D eigenvalue weighted by molar-refractivity contribution is -0.123. The molecular formula is C17H21FN2O4S. The van der Waals surface area contributed by atoms with Gasteiger partial charge in [-0.15, -0.1) is 0 Å². The zero-order chi connectivity index (χ0) is 18.6. The Kier molecular flexibility index (Phi) is 5.97. The molecule has 6 nitrogen and oxygen atoms in total. The molecule has 2 aromatic rings. The van der Waals surface area contributed by atoms with Crippen molar-refractivity contribution < 1.29 is 22.0 Å². The van der Waals surface area contributed by atoms with Gasteiger partial charge >= 0.3 is 0 Å². The molecule has 8 heteroatoms. The number of halogens is 1. The molecule has 0 bridgehead atoms. The Morgan fingerprint density at radius 2 is 2.00 bits per heavy atom. The van der Waals surface area contributed by atoms with E-state index in [1.54, 1.807) is 26.0 Å². The SMILES string of the molecule is Cc1cc(F)ccc1S(=O)(=O)N[C@H](C(=O)NCc1ccco1)C(C)C. The highest BCUT2D eigenvalue weighted by Crippen LogP contribution is 2.17. The number of carbonyl (C=O) groups is 1. The molecule has 0 unspecified atom stereocenters. The molecule has 0 saturated heterocycles. The van der Waals surface area contributed by atoms with Crippen LogP contribution in [0.3, 0.4) is 0 Å². The van der Waals surface area contributed by atoms with Gasteiger partial charge in [0, 0.05) is 0 Å². The van der Waals surface area contributed by atoms with Crippen molar-refractivity contribution in [2.75, 3.05) is 0 Å². The van der Waals surface area contributed by atoms with Crippen LogP contribution in [0, 0.1) is 18.7 Å². The van der Waals surface area contributed by atoms with E-state index in [2.05, 4.69) is 10.0 Å². The van der Waals surface area contributed by atoms with E-state index in [1.807, 2.05) is 0 Å². The minimum atomic E-state index is -3.97. The maximum Gasteiger partial charge on any atom is 0.241 e. The average molecular weight is 368 g/mol. The molecule has 0 aliphatic rings. The molecule has 1 amide bonds. The van der Waals surface area contributed by atoms with E-state index in [4.69, 9.17) is 4.42 Å². The summed E-state index contributed by atoms with van der Waals surface area (Å²) in [6.07, 6.45) is 1.49. The van der Waals surface area contributed by atoms with E-state index in [-0.39, 0.29) is 22.9 Å². The molecule has 1 atom stereocenters. The van der Waals surface area contributed by atoms with E-state index in [1.165, 1.54) is 19.3 Å². The fourth-order valence-electron chi connectivity index (χ4n) is 2.33. The summed E-state index contributed by atoms with van der Waals surface area (Å²) in [5.41, 5.74) is 0.269. The molecule has 0 aliphatic heterocycles. The van der Waals surface area contributed by atoms with Crippen LogP contribution in [0.15, 0.2) is 45.9 Å². The van der Waals surface area contributed by atoms with Crippen LogP contribution < -0.4 is 10.0 Å². The molecule has 25 heavy (non-hydrogen) atoms. The normalized spacial score (nSPS) is 13.0. The van der Waals surface area contributed by atoms with Crippen molar-refractivity contribution in [2.24, 2.45) is 5.92 Å². The van der Waals surface area contributed by atoms with Gasteiger partial charge in [0.2, 0.25) is 15.9 Å². The van der Waals surface area contributed by atoms with Gasteiger partial charge in [-0.05, 0) is 48.7 Å². The Balaban J connectivity index is 2.15. The predicted molar refractivity (Wildman–Crippen MR) is 90.6 cm³/mol. The van der Waals surface area contributed by atoms with Crippen molar-refractivity contribution in [3.63, 3.8) is 0 Å². The minimum Gasteiger partial charge on any atom is -0.467 e. The molecule has 0 fully saturated rings. The fourth-order valence-corrected chi connectivity index (χ4v) is 3.91. The quantitative estimate of drug-likeness (QED) is 0.785. The number of sulfonamides is 1. The van der Waals surface area contributed by atoms with E-state index >= 15 is 0 Å². The monoisotopic (exact) mass is 368 g/mol. The van der Waals surface area contributed by atoms with Crippen LogP contribution in [0.1, 0.15) is 25.2 Å². The Hall–Kier alpha value is -2.19. The summed E-state index contributed by atoms with van der Waals surface area (Å²) in [6, 6.07) is 5.83. The summed E-state index contributed by atoms with van der Waals surface area (Å²) >= 11 is 0. The predicted octanol–water partition coefficient (Wildman–Crippen LogP) is 2.35. The standard InChI is InChI=1S/C17H21FN2O4S/c1-11(2)16(17(21)19-10-14-5-4-8-24-14)20-25(22,23)15-7-6-13(18)9-12(15)3/h4-9,11,16,20H,10H2,1-3H3,(H,19,21)/t16-/m0/s1. The van der Waals surface area contributed by atoms with E-state index in [0.717, 1.165) is 12.1 Å². The van der Waals surface area contributed by atoms with E-state index in [9.17, 15) is 17.6 Å². The van der Waals surface area contributed by atoms with Crippen LogP contribution in [-0.2, 0) is 21.4 Å². The van der Waals surface area contributed by atoms with Gasteiger partial charge in [-0.3, -0.25) is 4.79 Å². The maximum atomic E-state index is 13.2. The third kappa shape index (κ3) is 4.90. The second kappa shape index (κ2) is 7.79. The Morgan fingerprint density at radius 3 is 2.56 bits per heavy atom. The summed E-state index contributed by atoms with van der Waals surface area (Å²) in [6.45, 7) is 5.12. The number of aryl methyl sites for hydroxylation is 1. The van der Waals surface area contributed by atoms with Gasteiger partial charge in [0.1, 0.15) is 17.6 Å². The van der Waals surface area contributed by atoms with Gasteiger partial charge in [-0.1, -0.05) is 13.8 Å². The number of carbonyl (C=O) groups excluding carboxylic acids is 1. The number of benzene rings is 1. The molecule has 1 heterocycles. The molecule has 1 aromatic carbocycles. The highest BCUT2D eigenvalue weighted by molar-refractivity contribution is 7.89. The first-order valence-electron chi connectivity index (χ1n) is 7.79. The second-order valence-corrected chi connectivity index (χ2v) is 7.73. The Bertz CT molecular complexity index is 832. The number of nitrogens with one attached hydrogen (secondary N) is 2. The topological polar surface area (TPSA) is 88.4 Å².